The molecule has 0 saturated carbocycles. The highest BCUT2D eigenvalue weighted by molar-refractivity contribution is 7.47. The van der Waals surface area contributed by atoms with Crippen molar-refractivity contribution in [3.63, 3.8) is 0 Å². The van der Waals surface area contributed by atoms with Crippen LogP contribution in [-0.4, -0.2) is 44.5 Å². The van der Waals surface area contributed by atoms with E-state index in [-0.39, 0.29) is 6.61 Å². The molecule has 0 radical (unpaired) electrons. The number of aromatic nitrogens is 2. The summed E-state index contributed by atoms with van der Waals surface area (Å²) in [4.78, 5) is 33.5. The molecule has 2 aliphatic heterocycles. The average Bonchev–Trinajstić information content (AvgIpc) is 2.70. The number of rotatable bonds is 1. The zero-order valence-electron chi connectivity index (χ0n) is 10.2. The second-order valence-corrected chi connectivity index (χ2v) is 5.94. The number of hydrogen-bond acceptors (Lipinski definition) is 7. The van der Waals surface area contributed by atoms with Crippen molar-refractivity contribution in [2.45, 2.75) is 24.5 Å². The van der Waals surface area contributed by atoms with Gasteiger partial charge >= 0.3 is 13.5 Å². The summed E-state index contributed by atoms with van der Waals surface area (Å²) < 4.78 is 39.7. The van der Waals surface area contributed by atoms with E-state index >= 15 is 0 Å². The Labute approximate surface area is 115 Å². The van der Waals surface area contributed by atoms with Gasteiger partial charge in [-0.2, -0.15) is 4.39 Å². The number of aliphatic hydroxyl groups is 1. The lowest BCUT2D eigenvalue weighted by Crippen LogP contribution is -2.40. The Kier molecular flexibility index (Phi) is 3.35. The average molecular weight is 324 g/mol. The van der Waals surface area contributed by atoms with Gasteiger partial charge in [-0.05, 0) is 0 Å². The number of phosphoric ester groups is 1. The summed E-state index contributed by atoms with van der Waals surface area (Å²) in [6, 6.07) is 0. The van der Waals surface area contributed by atoms with Gasteiger partial charge in [0.2, 0.25) is 5.82 Å². The van der Waals surface area contributed by atoms with Crippen LogP contribution in [0.5, 0.6) is 0 Å². The number of H-pyrrole nitrogens is 1. The Hall–Kier alpha value is -1.36. The molecule has 0 aromatic carbocycles. The molecular formula is C9H10FN2O8P. The van der Waals surface area contributed by atoms with Gasteiger partial charge in [-0.15, -0.1) is 0 Å². The van der Waals surface area contributed by atoms with Gasteiger partial charge in [0.25, 0.3) is 5.56 Å². The molecule has 2 fully saturated rings. The molecule has 21 heavy (non-hydrogen) atoms. The number of fused-ring (bicyclic) bond motifs is 1. The van der Waals surface area contributed by atoms with Gasteiger partial charge in [-0.1, -0.05) is 0 Å². The Morgan fingerprint density at radius 1 is 1.48 bits per heavy atom. The lowest BCUT2D eigenvalue weighted by molar-refractivity contribution is -0.0687. The normalized spacial score (nSPS) is 39.2. The topological polar surface area (TPSA) is 140 Å². The summed E-state index contributed by atoms with van der Waals surface area (Å²) >= 11 is 0. The molecule has 0 spiro atoms. The predicted molar refractivity (Wildman–Crippen MR) is 61.8 cm³/mol. The molecule has 2 saturated heterocycles. The van der Waals surface area contributed by atoms with Crippen LogP contribution in [0.3, 0.4) is 0 Å². The molecule has 2 aliphatic rings. The van der Waals surface area contributed by atoms with Crippen LogP contribution >= 0.6 is 7.82 Å². The monoisotopic (exact) mass is 324 g/mol. The summed E-state index contributed by atoms with van der Waals surface area (Å²) in [5, 5.41) is 10.0. The molecule has 3 N–H and O–H groups in total. The minimum absolute atomic E-state index is 0.341. The van der Waals surface area contributed by atoms with Crippen molar-refractivity contribution in [1.29, 1.82) is 0 Å². The molecule has 1 aromatic heterocycles. The minimum atomic E-state index is -4.30. The fourth-order valence-electron chi connectivity index (χ4n) is 2.22. The van der Waals surface area contributed by atoms with Crippen LogP contribution in [0.2, 0.25) is 0 Å². The molecule has 1 aromatic rings. The molecule has 0 amide bonds. The third-order valence-electron chi connectivity index (χ3n) is 3.16. The molecule has 0 bridgehead atoms. The van der Waals surface area contributed by atoms with Gasteiger partial charge in [0.15, 0.2) is 6.23 Å². The van der Waals surface area contributed by atoms with Crippen molar-refractivity contribution in [2.75, 3.05) is 6.61 Å². The summed E-state index contributed by atoms with van der Waals surface area (Å²) in [6.45, 7) is -0.341. The first kappa shape index (κ1) is 14.6. The van der Waals surface area contributed by atoms with Crippen LogP contribution in [0, 0.1) is 5.82 Å². The third kappa shape index (κ3) is 2.48. The van der Waals surface area contributed by atoms with E-state index in [2.05, 4.69) is 9.05 Å². The van der Waals surface area contributed by atoms with E-state index in [1.165, 1.54) is 0 Å². The third-order valence-corrected chi connectivity index (χ3v) is 4.15. The van der Waals surface area contributed by atoms with Gasteiger partial charge in [0, 0.05) is 0 Å². The molecule has 3 rings (SSSR count). The molecule has 0 aliphatic carbocycles. The van der Waals surface area contributed by atoms with Crippen molar-refractivity contribution in [3.05, 3.63) is 32.9 Å². The maximum Gasteiger partial charge on any atom is 0.472 e. The zero-order chi connectivity index (χ0) is 15.4. The predicted octanol–water partition coefficient (Wildman–Crippen LogP) is -1.55. The van der Waals surface area contributed by atoms with Crippen molar-refractivity contribution in [3.8, 4) is 0 Å². The Morgan fingerprint density at radius 2 is 2.19 bits per heavy atom. The van der Waals surface area contributed by atoms with E-state index in [9.17, 15) is 28.5 Å². The Morgan fingerprint density at radius 3 is 2.90 bits per heavy atom. The maximum absolute atomic E-state index is 13.3. The summed E-state index contributed by atoms with van der Waals surface area (Å²) in [6.07, 6.45) is -4.48. The minimum Gasteiger partial charge on any atom is -0.386 e. The van der Waals surface area contributed by atoms with E-state index in [4.69, 9.17) is 4.74 Å². The fraction of sp³-hybridized carbons (Fsp3) is 0.556. The second kappa shape index (κ2) is 4.83. The fourth-order valence-corrected chi connectivity index (χ4v) is 3.18. The quantitative estimate of drug-likeness (QED) is 0.527. The lowest BCUT2D eigenvalue weighted by Gasteiger charge is -2.27. The molecule has 3 heterocycles. The number of aromatic amines is 1. The van der Waals surface area contributed by atoms with E-state index in [1.54, 1.807) is 4.98 Å². The van der Waals surface area contributed by atoms with Crippen molar-refractivity contribution < 1.29 is 32.7 Å². The number of phosphoric acid groups is 1. The van der Waals surface area contributed by atoms with E-state index in [0.717, 1.165) is 0 Å². The SMILES string of the molecule is O=c1[nH]c(=O)n([C@@H]2OC3COP(=O)(O)OC3[C@H]2O)cc1F. The first-order valence-electron chi connectivity index (χ1n) is 5.79. The number of aliphatic hydroxyl groups excluding tert-OH is 1. The van der Waals surface area contributed by atoms with Gasteiger partial charge in [-0.25, -0.2) is 9.36 Å². The smallest absolute Gasteiger partial charge is 0.386 e. The zero-order valence-corrected chi connectivity index (χ0v) is 11.1. The highest BCUT2D eigenvalue weighted by Gasteiger charge is 2.52. The van der Waals surface area contributed by atoms with Gasteiger partial charge in [0.1, 0.15) is 18.3 Å². The Bertz CT molecular complexity index is 731. The second-order valence-electron chi connectivity index (χ2n) is 4.53. The van der Waals surface area contributed by atoms with Crippen molar-refractivity contribution in [2.24, 2.45) is 0 Å². The van der Waals surface area contributed by atoms with Crippen LogP contribution < -0.4 is 11.2 Å². The molecular weight excluding hydrogens is 314 g/mol. The first-order valence-corrected chi connectivity index (χ1v) is 7.28. The van der Waals surface area contributed by atoms with Crippen LogP contribution in [0.25, 0.3) is 0 Å². The highest BCUT2D eigenvalue weighted by Crippen LogP contribution is 2.52. The summed E-state index contributed by atoms with van der Waals surface area (Å²) in [7, 11) is -4.30. The van der Waals surface area contributed by atoms with Crippen LogP contribution in [0.1, 0.15) is 6.23 Å². The largest absolute Gasteiger partial charge is 0.472 e. The molecule has 12 heteroatoms. The number of hydrogen-bond donors (Lipinski definition) is 3. The van der Waals surface area contributed by atoms with Crippen LogP contribution in [0.15, 0.2) is 15.8 Å². The van der Waals surface area contributed by atoms with Crippen molar-refractivity contribution in [1.82, 2.24) is 9.55 Å². The number of nitrogens with one attached hydrogen (secondary N) is 1. The van der Waals surface area contributed by atoms with Crippen LogP contribution in [-0.2, 0) is 18.3 Å². The standard InChI is InChI=1S/C9H10FN2O8P/c10-3-1-12(9(15)11-7(3)14)8-5(13)6-4(19-8)2-18-21(16,17)20-6/h1,4-6,8,13H,2H2,(H,16,17)(H,11,14,15)/t4?,5-,6?,8-/m1/s1. The molecule has 116 valence electrons. The van der Waals surface area contributed by atoms with Gasteiger partial charge in [-0.3, -0.25) is 23.4 Å². The van der Waals surface area contributed by atoms with Gasteiger partial charge in [0.05, 0.1) is 12.8 Å². The number of ether oxygens (including phenoxy) is 1. The van der Waals surface area contributed by atoms with E-state index in [0.29, 0.717) is 10.8 Å². The Balaban J connectivity index is 1.95. The number of nitrogens with zero attached hydrogens (tertiary/aromatic N) is 1. The van der Waals surface area contributed by atoms with Crippen LogP contribution in [0.4, 0.5) is 4.39 Å². The highest BCUT2D eigenvalue weighted by atomic mass is 31.2. The lowest BCUT2D eigenvalue weighted by atomic mass is 10.1. The molecule has 3 unspecified atom stereocenters. The molecule has 10 nitrogen and oxygen atoms in total. The van der Waals surface area contributed by atoms with E-state index < -0.39 is 49.4 Å². The first-order chi connectivity index (χ1) is 9.78. The molecule has 5 atom stereocenters. The number of halogens is 1. The van der Waals surface area contributed by atoms with Gasteiger partial charge < -0.3 is 14.7 Å². The van der Waals surface area contributed by atoms with Crippen molar-refractivity contribution >= 4 is 7.82 Å². The summed E-state index contributed by atoms with van der Waals surface area (Å²) in [5.41, 5.74) is -2.21. The summed E-state index contributed by atoms with van der Waals surface area (Å²) in [5.74, 6) is -1.25. The maximum atomic E-state index is 13.3. The van der Waals surface area contributed by atoms with E-state index in [1.807, 2.05) is 0 Å².